The van der Waals surface area contributed by atoms with Crippen molar-refractivity contribution in [2.75, 3.05) is 18.1 Å². The van der Waals surface area contributed by atoms with Gasteiger partial charge in [0.1, 0.15) is 5.69 Å². The molecule has 0 saturated heterocycles. The summed E-state index contributed by atoms with van der Waals surface area (Å²) in [7, 11) is 0. The van der Waals surface area contributed by atoms with Gasteiger partial charge in [0.2, 0.25) is 0 Å². The average molecular weight is 439 g/mol. The Morgan fingerprint density at radius 1 is 1.38 bits per heavy atom. The molecule has 0 aliphatic carbocycles. The Kier molecular flexibility index (Phi) is 7.30. The fourth-order valence-corrected chi connectivity index (χ4v) is 2.63. The van der Waals surface area contributed by atoms with Crippen LogP contribution in [0.2, 0.25) is 0 Å². The summed E-state index contributed by atoms with van der Waals surface area (Å²) in [6, 6.07) is 1.83. The number of allylic oxidation sites excluding steroid dienone is 1. The monoisotopic (exact) mass is 438 g/mol. The number of carbonyl (C=O) groups excluding carboxylic acids is 2. The Morgan fingerprint density at radius 2 is 2.00 bits per heavy atom. The molecule has 1 aromatic rings. The number of anilines is 1. The highest BCUT2D eigenvalue weighted by atomic mass is 79.9. The van der Waals surface area contributed by atoms with Crippen molar-refractivity contribution in [3.8, 4) is 0 Å². The highest BCUT2D eigenvalue weighted by Gasteiger charge is 2.45. The van der Waals surface area contributed by atoms with E-state index in [9.17, 15) is 32.9 Å². The van der Waals surface area contributed by atoms with Crippen molar-refractivity contribution in [2.24, 2.45) is 0 Å². The predicted molar refractivity (Wildman–Crippen MR) is 90.0 cm³/mol. The lowest BCUT2D eigenvalue weighted by atomic mass is 10.1. The molecule has 1 aromatic carbocycles. The molecule has 142 valence electrons. The molecule has 0 heterocycles. The van der Waals surface area contributed by atoms with E-state index in [-0.39, 0.29) is 21.5 Å². The van der Waals surface area contributed by atoms with Crippen LogP contribution in [-0.2, 0) is 9.53 Å². The number of halogens is 4. The normalized spacial score (nSPS) is 11.5. The molecule has 0 bridgehead atoms. The summed E-state index contributed by atoms with van der Waals surface area (Å²) in [6.45, 7) is 2.50. The van der Waals surface area contributed by atoms with Gasteiger partial charge in [-0.25, -0.2) is 4.79 Å². The van der Waals surface area contributed by atoms with E-state index in [4.69, 9.17) is 4.74 Å². The molecule has 0 aliphatic heterocycles. The molecule has 1 amide bonds. The van der Waals surface area contributed by atoms with Crippen molar-refractivity contribution in [3.05, 3.63) is 44.4 Å². The standard InChI is InChI=1S/C15H14BrF3N2O5/c1-3-5-6-20(14(23)15(17,18)19)12-10(16)7-9(13(22)26-4-2)8-11(12)21(24)25/h3,5,7-8H,4,6H2,1-2H3/b5-3-. The number of benzene rings is 1. The summed E-state index contributed by atoms with van der Waals surface area (Å²) in [4.78, 5) is 34.1. The Labute approximate surface area is 154 Å². The fraction of sp³-hybridized carbons (Fsp3) is 0.333. The van der Waals surface area contributed by atoms with Gasteiger partial charge in [0.05, 0.1) is 17.1 Å². The number of nitro groups is 1. The first-order chi connectivity index (χ1) is 12.0. The molecule has 7 nitrogen and oxygen atoms in total. The van der Waals surface area contributed by atoms with E-state index < -0.39 is 40.9 Å². The molecule has 0 N–H and O–H groups in total. The van der Waals surface area contributed by atoms with Gasteiger partial charge in [0.25, 0.3) is 5.69 Å². The number of hydrogen-bond donors (Lipinski definition) is 0. The molecule has 0 atom stereocenters. The van der Waals surface area contributed by atoms with E-state index >= 15 is 0 Å². The zero-order chi connectivity index (χ0) is 20.1. The summed E-state index contributed by atoms with van der Waals surface area (Å²) in [5.41, 5.74) is -1.69. The second-order valence-corrected chi connectivity index (χ2v) is 5.64. The van der Waals surface area contributed by atoms with E-state index in [0.29, 0.717) is 0 Å². The number of nitro benzene ring substituents is 1. The lowest BCUT2D eigenvalue weighted by Gasteiger charge is -2.23. The quantitative estimate of drug-likeness (QED) is 0.289. The zero-order valence-electron chi connectivity index (χ0n) is 13.7. The first-order valence-corrected chi connectivity index (χ1v) is 7.98. The maximum atomic E-state index is 12.9. The van der Waals surface area contributed by atoms with Gasteiger partial charge in [0.15, 0.2) is 0 Å². The van der Waals surface area contributed by atoms with Crippen LogP contribution in [0.4, 0.5) is 24.5 Å². The Bertz CT molecular complexity index is 750. The number of ether oxygens (including phenoxy) is 1. The molecule has 0 aliphatic rings. The minimum atomic E-state index is -5.24. The molecule has 26 heavy (non-hydrogen) atoms. The molecular weight excluding hydrogens is 425 g/mol. The molecule has 0 saturated carbocycles. The van der Waals surface area contributed by atoms with Crippen molar-refractivity contribution >= 4 is 39.2 Å². The number of rotatable bonds is 6. The van der Waals surface area contributed by atoms with E-state index in [1.165, 1.54) is 26.0 Å². The van der Waals surface area contributed by atoms with E-state index in [0.717, 1.165) is 12.1 Å². The molecular formula is C15H14BrF3N2O5. The molecule has 0 aromatic heterocycles. The minimum absolute atomic E-state index is 0.00593. The lowest BCUT2D eigenvalue weighted by Crippen LogP contribution is -2.42. The van der Waals surface area contributed by atoms with Gasteiger partial charge in [-0.1, -0.05) is 12.2 Å². The second kappa shape index (κ2) is 8.79. The van der Waals surface area contributed by atoms with Crippen molar-refractivity contribution < 1.29 is 32.4 Å². The lowest BCUT2D eigenvalue weighted by molar-refractivity contribution is -0.384. The number of hydrogen-bond acceptors (Lipinski definition) is 5. The van der Waals surface area contributed by atoms with E-state index in [2.05, 4.69) is 15.9 Å². The van der Waals surface area contributed by atoms with Gasteiger partial charge in [0, 0.05) is 17.1 Å². The smallest absolute Gasteiger partial charge is 0.462 e. The first-order valence-electron chi connectivity index (χ1n) is 7.19. The Balaban J connectivity index is 3.62. The van der Waals surface area contributed by atoms with Crippen LogP contribution in [0, 0.1) is 10.1 Å². The van der Waals surface area contributed by atoms with Gasteiger partial charge in [-0.05, 0) is 35.8 Å². The topological polar surface area (TPSA) is 89.8 Å². The number of nitrogens with zero attached hydrogens (tertiary/aromatic N) is 2. The average Bonchev–Trinajstić information content (AvgIpc) is 2.54. The van der Waals surface area contributed by atoms with Crippen LogP contribution in [-0.4, -0.2) is 36.1 Å². The van der Waals surface area contributed by atoms with Gasteiger partial charge in [-0.2, -0.15) is 13.2 Å². The van der Waals surface area contributed by atoms with Gasteiger partial charge in [-0.15, -0.1) is 0 Å². The fourth-order valence-electron chi connectivity index (χ4n) is 1.96. The van der Waals surface area contributed by atoms with Crippen LogP contribution in [0.5, 0.6) is 0 Å². The third-order valence-corrected chi connectivity index (χ3v) is 3.64. The maximum Gasteiger partial charge on any atom is 0.471 e. The predicted octanol–water partition coefficient (Wildman–Crippen LogP) is 4.01. The Hall–Kier alpha value is -2.43. The van der Waals surface area contributed by atoms with E-state index in [1.54, 1.807) is 0 Å². The zero-order valence-corrected chi connectivity index (χ0v) is 15.3. The highest BCUT2D eigenvalue weighted by molar-refractivity contribution is 9.10. The van der Waals surface area contributed by atoms with Gasteiger partial charge < -0.3 is 4.74 Å². The third kappa shape index (κ3) is 5.04. The van der Waals surface area contributed by atoms with Crippen LogP contribution in [0.3, 0.4) is 0 Å². The summed E-state index contributed by atoms with van der Waals surface area (Å²) >= 11 is 2.92. The molecule has 0 spiro atoms. The van der Waals surface area contributed by atoms with Crippen LogP contribution in [0.25, 0.3) is 0 Å². The number of alkyl halides is 3. The third-order valence-electron chi connectivity index (χ3n) is 3.03. The molecule has 0 radical (unpaired) electrons. The van der Waals surface area contributed by atoms with Crippen molar-refractivity contribution in [1.29, 1.82) is 0 Å². The van der Waals surface area contributed by atoms with Crippen LogP contribution in [0.1, 0.15) is 24.2 Å². The maximum absolute atomic E-state index is 12.9. The van der Waals surface area contributed by atoms with Crippen molar-refractivity contribution in [3.63, 3.8) is 0 Å². The summed E-state index contributed by atoms with van der Waals surface area (Å²) in [5, 5.41) is 11.4. The summed E-state index contributed by atoms with van der Waals surface area (Å²) in [5.74, 6) is -3.16. The number of carbonyl (C=O) groups is 2. The molecule has 11 heteroatoms. The van der Waals surface area contributed by atoms with Crippen LogP contribution >= 0.6 is 15.9 Å². The van der Waals surface area contributed by atoms with E-state index in [1.807, 2.05) is 0 Å². The largest absolute Gasteiger partial charge is 0.471 e. The van der Waals surface area contributed by atoms with Crippen molar-refractivity contribution in [1.82, 2.24) is 0 Å². The van der Waals surface area contributed by atoms with Gasteiger partial charge in [-0.3, -0.25) is 19.8 Å². The molecule has 0 unspecified atom stereocenters. The minimum Gasteiger partial charge on any atom is -0.462 e. The van der Waals surface area contributed by atoms with Crippen LogP contribution < -0.4 is 4.90 Å². The molecule has 1 rings (SSSR count). The SMILES string of the molecule is C/C=C\CN(C(=O)C(F)(F)F)c1c(Br)cc(C(=O)OCC)cc1[N+](=O)[O-]. The highest BCUT2D eigenvalue weighted by Crippen LogP contribution is 2.39. The summed E-state index contributed by atoms with van der Waals surface area (Å²) in [6.07, 6.45) is -2.61. The second-order valence-electron chi connectivity index (χ2n) is 4.79. The Morgan fingerprint density at radius 3 is 2.46 bits per heavy atom. The number of esters is 1. The van der Waals surface area contributed by atoms with Gasteiger partial charge >= 0.3 is 18.1 Å². The van der Waals surface area contributed by atoms with Crippen LogP contribution in [0.15, 0.2) is 28.8 Å². The number of amides is 1. The van der Waals surface area contributed by atoms with Crippen molar-refractivity contribution in [2.45, 2.75) is 20.0 Å². The first kappa shape index (κ1) is 21.6. The summed E-state index contributed by atoms with van der Waals surface area (Å²) < 4.78 is 43.2. The molecule has 0 fully saturated rings.